The second-order valence-electron chi connectivity index (χ2n) is 13.3. The van der Waals surface area contributed by atoms with Crippen molar-refractivity contribution in [1.29, 1.82) is 0 Å². The van der Waals surface area contributed by atoms with Crippen LogP contribution in [0.25, 0.3) is 0 Å². The number of carbonyl (C=O) groups excluding carboxylic acids is 2. The van der Waals surface area contributed by atoms with Gasteiger partial charge in [-0.3, -0.25) is 4.79 Å². The molecule has 4 fully saturated rings. The first-order valence-electron chi connectivity index (χ1n) is 14.8. The molecule has 202 valence electrons. The van der Waals surface area contributed by atoms with Gasteiger partial charge in [0, 0.05) is 39.6 Å². The van der Waals surface area contributed by atoms with Crippen LogP contribution in [0.1, 0.15) is 85.0 Å². The molecule has 0 radical (unpaired) electrons. The zero-order valence-electron chi connectivity index (χ0n) is 23.1. The van der Waals surface area contributed by atoms with Crippen LogP contribution in [0.3, 0.4) is 0 Å². The van der Waals surface area contributed by atoms with Crippen molar-refractivity contribution in [3.63, 3.8) is 0 Å². The lowest BCUT2D eigenvalue weighted by molar-refractivity contribution is -0.133. The molecule has 0 bridgehead atoms. The predicted octanol–water partition coefficient (Wildman–Crippen LogP) is 4.83. The summed E-state index contributed by atoms with van der Waals surface area (Å²) >= 11 is 0. The van der Waals surface area contributed by atoms with Crippen molar-refractivity contribution in [3.8, 4) is 0 Å². The number of allylic oxidation sites excluding steroid dienone is 1. The molecule has 0 aromatic carbocycles. The molecule has 0 spiro atoms. The molecule has 36 heavy (non-hydrogen) atoms. The Balaban J connectivity index is 1.18. The molecule has 5 aliphatic rings. The third kappa shape index (κ3) is 4.39. The Morgan fingerprint density at radius 2 is 1.78 bits per heavy atom. The number of piperazine rings is 1. The number of aliphatic hydroxyl groups is 1. The van der Waals surface area contributed by atoms with Crippen molar-refractivity contribution in [2.75, 3.05) is 33.2 Å². The summed E-state index contributed by atoms with van der Waals surface area (Å²) in [5, 5.41) is 13.0. The van der Waals surface area contributed by atoms with Crippen LogP contribution in [0.15, 0.2) is 11.6 Å². The lowest BCUT2D eigenvalue weighted by Gasteiger charge is -2.58. The first kappa shape index (κ1) is 26.1. The summed E-state index contributed by atoms with van der Waals surface area (Å²) in [4.78, 5) is 28.6. The average molecular weight is 500 g/mol. The molecule has 0 unspecified atom stereocenters. The van der Waals surface area contributed by atoms with E-state index < -0.39 is 0 Å². The Labute approximate surface area is 218 Å². The molecule has 4 aliphatic carbocycles. The molecule has 1 aliphatic heterocycles. The van der Waals surface area contributed by atoms with Gasteiger partial charge in [0.05, 0.1) is 6.10 Å². The highest BCUT2D eigenvalue weighted by Gasteiger charge is 2.59. The summed E-state index contributed by atoms with van der Waals surface area (Å²) in [5.74, 6) is 3.93. The fourth-order valence-electron chi connectivity index (χ4n) is 9.64. The van der Waals surface area contributed by atoms with Gasteiger partial charge in [0.1, 0.15) is 0 Å². The monoisotopic (exact) mass is 499 g/mol. The van der Waals surface area contributed by atoms with Crippen molar-refractivity contribution >= 4 is 11.9 Å². The third-order valence-electron chi connectivity index (χ3n) is 11.8. The van der Waals surface area contributed by atoms with E-state index in [-0.39, 0.29) is 18.0 Å². The van der Waals surface area contributed by atoms with Gasteiger partial charge >= 0.3 is 6.03 Å². The minimum atomic E-state index is -0.131. The van der Waals surface area contributed by atoms with E-state index in [9.17, 15) is 14.7 Å². The van der Waals surface area contributed by atoms with Crippen molar-refractivity contribution in [2.45, 2.75) is 91.1 Å². The fourth-order valence-corrected chi connectivity index (χ4v) is 9.64. The van der Waals surface area contributed by atoms with Gasteiger partial charge in [-0.25, -0.2) is 4.79 Å². The lowest BCUT2D eigenvalue weighted by Crippen LogP contribution is -2.52. The van der Waals surface area contributed by atoms with Gasteiger partial charge in [0.25, 0.3) is 0 Å². The number of hydrogen-bond donors (Lipinski definition) is 2. The van der Waals surface area contributed by atoms with Crippen LogP contribution < -0.4 is 5.32 Å². The van der Waals surface area contributed by atoms with Crippen LogP contribution in [0.5, 0.6) is 0 Å². The summed E-state index contributed by atoms with van der Waals surface area (Å²) in [6, 6.07) is -0.0470. The number of nitrogens with one attached hydrogen (secondary N) is 1. The van der Waals surface area contributed by atoms with E-state index in [1.165, 1.54) is 32.1 Å². The molecule has 8 atom stereocenters. The van der Waals surface area contributed by atoms with Gasteiger partial charge in [-0.15, -0.1) is 0 Å². The minimum Gasteiger partial charge on any atom is -0.393 e. The highest BCUT2D eigenvalue weighted by molar-refractivity contribution is 5.77. The van der Waals surface area contributed by atoms with Crippen molar-refractivity contribution < 1.29 is 14.7 Å². The molecule has 1 heterocycles. The second kappa shape index (κ2) is 9.96. The number of amides is 3. The lowest BCUT2D eigenvalue weighted by atomic mass is 9.47. The SMILES string of the molecule is CNC(=O)N1CCN(C(=O)CC[C@@H](C)[C@H]2CC[C@H]3[C@@H]4CC=C5C[C@@H](O)CC[C@]5(C)[C@H]4CC[C@]23C)CC1. The van der Waals surface area contributed by atoms with Gasteiger partial charge in [-0.1, -0.05) is 32.4 Å². The van der Waals surface area contributed by atoms with E-state index in [2.05, 4.69) is 32.2 Å². The number of carbonyl (C=O) groups is 2. The number of aliphatic hydroxyl groups excluding tert-OH is 1. The molecule has 3 amide bonds. The van der Waals surface area contributed by atoms with Gasteiger partial charge in [-0.2, -0.15) is 0 Å². The molecule has 5 rings (SSSR count). The zero-order valence-corrected chi connectivity index (χ0v) is 23.1. The average Bonchev–Trinajstić information content (AvgIpc) is 3.24. The topological polar surface area (TPSA) is 72.9 Å². The molecule has 6 heteroatoms. The maximum atomic E-state index is 13.0. The summed E-state index contributed by atoms with van der Waals surface area (Å²) in [6.45, 7) is 10.1. The molecule has 1 saturated heterocycles. The summed E-state index contributed by atoms with van der Waals surface area (Å²) in [6.07, 6.45) is 13.6. The van der Waals surface area contributed by atoms with Crippen LogP contribution in [-0.2, 0) is 4.79 Å². The Hall–Kier alpha value is -1.56. The Morgan fingerprint density at radius 3 is 2.50 bits per heavy atom. The van der Waals surface area contributed by atoms with E-state index in [1.54, 1.807) is 17.5 Å². The molecule has 0 aromatic heterocycles. The normalized spacial score (nSPS) is 41.0. The van der Waals surface area contributed by atoms with E-state index in [0.29, 0.717) is 55.3 Å². The highest BCUT2D eigenvalue weighted by atomic mass is 16.3. The van der Waals surface area contributed by atoms with E-state index in [4.69, 9.17) is 0 Å². The van der Waals surface area contributed by atoms with Gasteiger partial charge in [0.15, 0.2) is 0 Å². The Bertz CT molecular complexity index is 881. The van der Waals surface area contributed by atoms with E-state index in [1.807, 2.05) is 4.90 Å². The fraction of sp³-hybridized carbons (Fsp3) is 0.867. The summed E-state index contributed by atoms with van der Waals surface area (Å²) in [7, 11) is 1.66. The maximum absolute atomic E-state index is 13.0. The standard InChI is InChI=1S/C30H49N3O3/c1-20(5-10-27(35)32-15-17-33(18-16-32)28(36)31-4)24-8-9-25-23-7-6-21-19-22(34)11-13-29(21,2)26(23)12-14-30(24,25)3/h6,20,22-26,34H,5,7-19H2,1-4H3,(H,31,36)/t20-,22+,23+,24-,25+,26+,29+,30-/m1/s1. The quantitative estimate of drug-likeness (QED) is 0.545. The van der Waals surface area contributed by atoms with Crippen LogP contribution in [-0.4, -0.2) is 66.2 Å². The van der Waals surface area contributed by atoms with Crippen molar-refractivity contribution in [1.82, 2.24) is 15.1 Å². The van der Waals surface area contributed by atoms with Crippen LogP contribution in [0, 0.1) is 40.4 Å². The van der Waals surface area contributed by atoms with Crippen LogP contribution in [0.2, 0.25) is 0 Å². The first-order valence-corrected chi connectivity index (χ1v) is 14.8. The first-order chi connectivity index (χ1) is 17.2. The Kier molecular flexibility index (Phi) is 7.21. The number of nitrogens with zero attached hydrogens (tertiary/aromatic N) is 2. The smallest absolute Gasteiger partial charge is 0.317 e. The van der Waals surface area contributed by atoms with Gasteiger partial charge in [0.2, 0.25) is 5.91 Å². The number of fused-ring (bicyclic) bond motifs is 5. The van der Waals surface area contributed by atoms with Crippen molar-refractivity contribution in [3.05, 3.63) is 11.6 Å². The summed E-state index contributed by atoms with van der Waals surface area (Å²) in [5.41, 5.74) is 2.27. The van der Waals surface area contributed by atoms with Gasteiger partial charge in [-0.05, 0) is 98.2 Å². The second-order valence-corrected chi connectivity index (χ2v) is 13.3. The molecular weight excluding hydrogens is 450 g/mol. The van der Waals surface area contributed by atoms with E-state index in [0.717, 1.165) is 43.4 Å². The zero-order chi connectivity index (χ0) is 25.7. The number of rotatable bonds is 4. The summed E-state index contributed by atoms with van der Waals surface area (Å²) < 4.78 is 0. The van der Waals surface area contributed by atoms with Crippen molar-refractivity contribution in [2.24, 2.45) is 40.4 Å². The maximum Gasteiger partial charge on any atom is 0.317 e. The molecule has 2 N–H and O–H groups in total. The van der Waals surface area contributed by atoms with Crippen LogP contribution in [0.4, 0.5) is 4.79 Å². The van der Waals surface area contributed by atoms with E-state index >= 15 is 0 Å². The Morgan fingerprint density at radius 1 is 1.06 bits per heavy atom. The largest absolute Gasteiger partial charge is 0.393 e. The highest BCUT2D eigenvalue weighted by Crippen LogP contribution is 2.67. The third-order valence-corrected chi connectivity index (χ3v) is 11.8. The molecule has 3 saturated carbocycles. The molecular formula is C30H49N3O3. The number of hydrogen-bond acceptors (Lipinski definition) is 3. The molecule has 6 nitrogen and oxygen atoms in total. The molecule has 0 aromatic rings. The van der Waals surface area contributed by atoms with Gasteiger partial charge < -0.3 is 20.2 Å². The predicted molar refractivity (Wildman–Crippen MR) is 142 cm³/mol. The minimum absolute atomic E-state index is 0.0470. The van der Waals surface area contributed by atoms with Crippen LogP contribution >= 0.6 is 0 Å². The number of urea groups is 1.